The van der Waals surface area contributed by atoms with E-state index in [1.165, 1.54) is 6.42 Å². The van der Waals surface area contributed by atoms with E-state index in [1.54, 1.807) is 6.92 Å². The number of aromatic nitrogens is 2. The molecule has 18 heavy (non-hydrogen) atoms. The van der Waals surface area contributed by atoms with Gasteiger partial charge >= 0.3 is 6.01 Å². The number of anilines is 1. The van der Waals surface area contributed by atoms with E-state index in [2.05, 4.69) is 15.5 Å². The van der Waals surface area contributed by atoms with E-state index in [0.29, 0.717) is 5.89 Å². The summed E-state index contributed by atoms with van der Waals surface area (Å²) in [5, 5.41) is 10.4. The molecule has 0 aromatic carbocycles. The monoisotopic (exact) mass is 253 g/mol. The van der Waals surface area contributed by atoms with E-state index < -0.39 is 0 Å². The Hall–Kier alpha value is -1.63. The lowest BCUT2D eigenvalue weighted by molar-refractivity contribution is -0.130. The van der Waals surface area contributed by atoms with E-state index in [4.69, 9.17) is 10.2 Å². The van der Waals surface area contributed by atoms with Crippen LogP contribution < -0.4 is 11.1 Å². The summed E-state index contributed by atoms with van der Waals surface area (Å²) in [4.78, 5) is 13.7. The van der Waals surface area contributed by atoms with Crippen LogP contribution in [0.15, 0.2) is 4.42 Å². The maximum atomic E-state index is 11.9. The predicted octanol–water partition coefficient (Wildman–Crippen LogP) is 0.514. The number of amides is 1. The number of nitrogens with one attached hydrogen (secondary N) is 1. The number of nitrogens with two attached hydrogens (primary N) is 1. The van der Waals surface area contributed by atoms with Crippen molar-refractivity contribution in [1.29, 1.82) is 0 Å². The van der Waals surface area contributed by atoms with Gasteiger partial charge in [-0.2, -0.15) is 0 Å². The van der Waals surface area contributed by atoms with Crippen molar-refractivity contribution in [3.8, 4) is 0 Å². The Kier molecular flexibility index (Phi) is 4.14. The van der Waals surface area contributed by atoms with Gasteiger partial charge in [0.25, 0.3) is 0 Å². The zero-order valence-corrected chi connectivity index (χ0v) is 10.6. The lowest BCUT2D eigenvalue weighted by Crippen LogP contribution is -2.39. The van der Waals surface area contributed by atoms with Crippen molar-refractivity contribution < 1.29 is 9.21 Å². The third-order valence-corrected chi connectivity index (χ3v) is 2.93. The summed E-state index contributed by atoms with van der Waals surface area (Å²) in [6.07, 6.45) is 3.38. The first kappa shape index (κ1) is 12.8. The van der Waals surface area contributed by atoms with E-state index in [1.807, 2.05) is 4.90 Å². The third-order valence-electron chi connectivity index (χ3n) is 2.93. The molecule has 1 atom stereocenters. The zero-order valence-electron chi connectivity index (χ0n) is 10.6. The van der Waals surface area contributed by atoms with Crippen LogP contribution in [-0.2, 0) is 4.79 Å². The fourth-order valence-electron chi connectivity index (χ4n) is 1.90. The molecule has 1 aromatic rings. The average Bonchev–Trinajstić information content (AvgIpc) is 2.86. The molecule has 0 spiro atoms. The number of hydrogen-bond acceptors (Lipinski definition) is 6. The van der Waals surface area contributed by atoms with Gasteiger partial charge in [0.2, 0.25) is 11.8 Å². The van der Waals surface area contributed by atoms with Crippen LogP contribution in [0.3, 0.4) is 0 Å². The molecule has 2 heterocycles. The van der Waals surface area contributed by atoms with Crippen LogP contribution in [0, 0.1) is 0 Å². The van der Waals surface area contributed by atoms with E-state index >= 15 is 0 Å². The summed E-state index contributed by atoms with van der Waals surface area (Å²) >= 11 is 0. The van der Waals surface area contributed by atoms with Crippen molar-refractivity contribution in [3.05, 3.63) is 5.89 Å². The number of piperidine rings is 1. The van der Waals surface area contributed by atoms with Gasteiger partial charge in [-0.15, -0.1) is 5.10 Å². The summed E-state index contributed by atoms with van der Waals surface area (Å²) in [7, 11) is 0. The number of likely N-dealkylation sites (tertiary alicyclic amines) is 1. The summed E-state index contributed by atoms with van der Waals surface area (Å²) in [5.41, 5.74) is 5.60. The summed E-state index contributed by atoms with van der Waals surface area (Å²) in [5.74, 6) is 0.429. The Labute approximate surface area is 106 Å². The molecule has 0 radical (unpaired) electrons. The normalized spacial score (nSPS) is 17.6. The van der Waals surface area contributed by atoms with Crippen molar-refractivity contribution in [2.24, 2.45) is 5.73 Å². The molecule has 1 aliphatic rings. The predicted molar refractivity (Wildman–Crippen MR) is 65.8 cm³/mol. The van der Waals surface area contributed by atoms with Crippen LogP contribution in [0.5, 0.6) is 0 Å². The molecular weight excluding hydrogens is 234 g/mol. The number of hydrogen-bond donors (Lipinski definition) is 2. The highest BCUT2D eigenvalue weighted by Gasteiger charge is 2.17. The van der Waals surface area contributed by atoms with Crippen molar-refractivity contribution in [2.75, 3.05) is 25.0 Å². The summed E-state index contributed by atoms with van der Waals surface area (Å²) in [6, 6.07) is -0.0569. The largest absolute Gasteiger partial charge is 0.406 e. The highest BCUT2D eigenvalue weighted by molar-refractivity contribution is 5.80. The topological polar surface area (TPSA) is 97.3 Å². The van der Waals surface area contributed by atoms with E-state index in [-0.39, 0.29) is 24.5 Å². The number of carbonyl (C=O) groups is 1. The molecule has 1 saturated heterocycles. The molecule has 100 valence electrons. The first-order valence-electron chi connectivity index (χ1n) is 6.27. The molecule has 1 amide bonds. The highest BCUT2D eigenvalue weighted by Crippen LogP contribution is 2.12. The molecule has 7 heteroatoms. The quantitative estimate of drug-likeness (QED) is 0.811. The Balaban J connectivity index is 1.81. The van der Waals surface area contributed by atoms with Gasteiger partial charge in [0.05, 0.1) is 12.6 Å². The molecule has 1 aliphatic heterocycles. The van der Waals surface area contributed by atoms with Gasteiger partial charge in [0.15, 0.2) is 0 Å². The lowest BCUT2D eigenvalue weighted by Gasteiger charge is -2.26. The molecular formula is C11H19N5O2. The maximum Gasteiger partial charge on any atom is 0.315 e. The number of nitrogens with zero attached hydrogens (tertiary/aromatic N) is 3. The van der Waals surface area contributed by atoms with Gasteiger partial charge in [-0.05, 0) is 26.2 Å². The van der Waals surface area contributed by atoms with Crippen molar-refractivity contribution in [3.63, 3.8) is 0 Å². The van der Waals surface area contributed by atoms with Gasteiger partial charge < -0.3 is 20.4 Å². The molecule has 1 aromatic heterocycles. The minimum Gasteiger partial charge on any atom is -0.406 e. The smallest absolute Gasteiger partial charge is 0.315 e. The van der Waals surface area contributed by atoms with Crippen LogP contribution >= 0.6 is 0 Å². The first-order chi connectivity index (χ1) is 8.66. The molecule has 0 bridgehead atoms. The minimum absolute atomic E-state index is 0.0650. The third kappa shape index (κ3) is 3.19. The molecule has 2 rings (SSSR count). The maximum absolute atomic E-state index is 11.9. The van der Waals surface area contributed by atoms with Gasteiger partial charge in [-0.3, -0.25) is 4.79 Å². The minimum atomic E-state index is -0.300. The van der Waals surface area contributed by atoms with Crippen LogP contribution in [-0.4, -0.2) is 40.6 Å². The van der Waals surface area contributed by atoms with Crippen LogP contribution in [0.25, 0.3) is 0 Å². The van der Waals surface area contributed by atoms with Crippen LogP contribution in [0.2, 0.25) is 0 Å². The first-order valence-corrected chi connectivity index (χ1v) is 6.27. The highest BCUT2D eigenvalue weighted by atomic mass is 16.4. The second kappa shape index (κ2) is 5.81. The van der Waals surface area contributed by atoms with Gasteiger partial charge in [-0.25, -0.2) is 0 Å². The number of rotatable bonds is 4. The fraction of sp³-hybridized carbons (Fsp3) is 0.727. The Bertz CT molecular complexity index is 398. The molecule has 3 N–H and O–H groups in total. The van der Waals surface area contributed by atoms with Crippen molar-refractivity contribution in [1.82, 2.24) is 15.1 Å². The van der Waals surface area contributed by atoms with Gasteiger partial charge in [-0.1, -0.05) is 5.10 Å². The molecule has 7 nitrogen and oxygen atoms in total. The standard InChI is InChI=1S/C11H19N5O2/c1-8(12)10-14-15-11(18-10)13-7-9(17)16-5-3-2-4-6-16/h8H,2-7,12H2,1H3,(H,13,15). The molecule has 1 fully saturated rings. The average molecular weight is 253 g/mol. The Morgan fingerprint density at radius 2 is 2.17 bits per heavy atom. The van der Waals surface area contributed by atoms with Gasteiger partial charge in [0, 0.05) is 13.1 Å². The molecule has 1 unspecified atom stereocenters. The van der Waals surface area contributed by atoms with E-state index in [9.17, 15) is 4.79 Å². The van der Waals surface area contributed by atoms with Crippen LogP contribution in [0.1, 0.15) is 38.1 Å². The van der Waals surface area contributed by atoms with E-state index in [0.717, 1.165) is 25.9 Å². The summed E-state index contributed by atoms with van der Waals surface area (Å²) < 4.78 is 5.25. The second-order valence-corrected chi connectivity index (χ2v) is 4.53. The fourth-order valence-corrected chi connectivity index (χ4v) is 1.90. The molecule has 0 saturated carbocycles. The van der Waals surface area contributed by atoms with Crippen molar-refractivity contribution >= 4 is 11.9 Å². The zero-order chi connectivity index (χ0) is 13.0. The lowest BCUT2D eigenvalue weighted by atomic mass is 10.1. The number of carbonyl (C=O) groups excluding carboxylic acids is 1. The summed E-state index contributed by atoms with van der Waals surface area (Å²) in [6.45, 7) is 3.63. The van der Waals surface area contributed by atoms with Crippen molar-refractivity contribution in [2.45, 2.75) is 32.2 Å². The SMILES string of the molecule is CC(N)c1nnc(NCC(=O)N2CCCCC2)o1. The van der Waals surface area contributed by atoms with Gasteiger partial charge in [0.1, 0.15) is 0 Å². The molecule has 0 aliphatic carbocycles. The Morgan fingerprint density at radius 1 is 1.44 bits per heavy atom. The van der Waals surface area contributed by atoms with Crippen LogP contribution in [0.4, 0.5) is 6.01 Å². The Morgan fingerprint density at radius 3 is 2.78 bits per heavy atom. The second-order valence-electron chi connectivity index (χ2n) is 4.53.